The number of benzene rings is 2. The summed E-state index contributed by atoms with van der Waals surface area (Å²) in [6.45, 7) is 0. The second-order valence-electron chi connectivity index (χ2n) is 4.01. The first-order valence-corrected chi connectivity index (χ1v) is 7.66. The molecule has 3 rings (SSSR count). The molecular formula is C14H10ClNO2Se. The van der Waals surface area contributed by atoms with Crippen LogP contribution in [0.1, 0.15) is 0 Å². The van der Waals surface area contributed by atoms with Crippen LogP contribution < -0.4 is 10.3 Å². The summed E-state index contributed by atoms with van der Waals surface area (Å²) >= 11 is 6.07. The van der Waals surface area contributed by atoms with E-state index in [1.165, 1.54) is 0 Å². The minimum atomic E-state index is -0.0361. The summed E-state index contributed by atoms with van der Waals surface area (Å²) in [5, 5.41) is 1.30. The fourth-order valence-corrected chi connectivity index (χ4v) is 4.25. The molecule has 0 N–H and O–H groups in total. The van der Waals surface area contributed by atoms with E-state index in [9.17, 15) is 4.79 Å². The van der Waals surface area contributed by atoms with Crippen LogP contribution in [-0.2, 0) is 0 Å². The molecule has 0 saturated heterocycles. The van der Waals surface area contributed by atoms with E-state index in [1.54, 1.807) is 22.8 Å². The number of halogens is 1. The first kappa shape index (κ1) is 12.5. The van der Waals surface area contributed by atoms with Crippen LogP contribution in [0.5, 0.6) is 5.75 Å². The van der Waals surface area contributed by atoms with Gasteiger partial charge in [-0.05, 0) is 0 Å². The first-order chi connectivity index (χ1) is 9.20. The van der Waals surface area contributed by atoms with Crippen LogP contribution in [0.3, 0.4) is 0 Å². The van der Waals surface area contributed by atoms with Crippen molar-refractivity contribution in [2.75, 3.05) is 7.11 Å². The number of ether oxygens (including phenoxy) is 1. The zero-order chi connectivity index (χ0) is 13.4. The Morgan fingerprint density at radius 3 is 2.68 bits per heavy atom. The molecule has 0 atom stereocenters. The molecule has 0 aliphatic heterocycles. The van der Waals surface area contributed by atoms with Crippen LogP contribution in [0.2, 0.25) is 5.02 Å². The molecule has 3 nitrogen and oxygen atoms in total. The van der Waals surface area contributed by atoms with Crippen molar-refractivity contribution in [2.24, 2.45) is 0 Å². The molecule has 0 radical (unpaired) electrons. The predicted molar refractivity (Wildman–Crippen MR) is 78.0 cm³/mol. The molecule has 0 saturated carbocycles. The zero-order valence-corrected chi connectivity index (χ0v) is 12.6. The third-order valence-electron chi connectivity index (χ3n) is 2.86. The molecule has 0 aliphatic carbocycles. The van der Waals surface area contributed by atoms with Crippen LogP contribution in [0, 0.1) is 0 Å². The average molecular weight is 339 g/mol. The molecule has 0 fully saturated rings. The number of fused-ring (bicyclic) bond motifs is 1. The molecule has 0 spiro atoms. The van der Waals surface area contributed by atoms with Gasteiger partial charge in [-0.2, -0.15) is 0 Å². The molecule has 0 unspecified atom stereocenters. The van der Waals surface area contributed by atoms with Crippen LogP contribution in [0.25, 0.3) is 15.3 Å². The summed E-state index contributed by atoms with van der Waals surface area (Å²) in [5.41, 5.74) is 0.851. The Hall–Kier alpha value is -1.48. The molecule has 0 bridgehead atoms. The van der Waals surface area contributed by atoms with Gasteiger partial charge >= 0.3 is 121 Å². The van der Waals surface area contributed by atoms with Crippen LogP contribution in [0.4, 0.5) is 0 Å². The molecule has 3 aromatic rings. The predicted octanol–water partition coefficient (Wildman–Crippen LogP) is 2.71. The Bertz CT molecular complexity index is 807. The van der Waals surface area contributed by atoms with Crippen molar-refractivity contribution >= 4 is 36.0 Å². The molecular weight excluding hydrogens is 329 g/mol. The van der Waals surface area contributed by atoms with Crippen molar-refractivity contribution in [1.82, 2.24) is 3.56 Å². The van der Waals surface area contributed by atoms with Gasteiger partial charge in [-0.1, -0.05) is 0 Å². The number of nitrogens with zero attached hydrogens (tertiary/aromatic N) is 1. The summed E-state index contributed by atoms with van der Waals surface area (Å²) in [6.07, 6.45) is 0. The summed E-state index contributed by atoms with van der Waals surface area (Å²) in [5.74, 6) is 0.613. The van der Waals surface area contributed by atoms with Crippen molar-refractivity contribution < 1.29 is 4.74 Å². The van der Waals surface area contributed by atoms with E-state index in [2.05, 4.69) is 0 Å². The van der Waals surface area contributed by atoms with Crippen LogP contribution in [0.15, 0.2) is 47.3 Å². The van der Waals surface area contributed by atoms with Gasteiger partial charge in [-0.15, -0.1) is 0 Å². The van der Waals surface area contributed by atoms with E-state index in [-0.39, 0.29) is 20.3 Å². The van der Waals surface area contributed by atoms with E-state index < -0.39 is 0 Å². The summed E-state index contributed by atoms with van der Waals surface area (Å²) in [6, 6.07) is 13.1. The Morgan fingerprint density at radius 2 is 2.00 bits per heavy atom. The van der Waals surface area contributed by atoms with Crippen LogP contribution >= 0.6 is 11.6 Å². The summed E-state index contributed by atoms with van der Waals surface area (Å²) < 4.78 is 8.01. The quantitative estimate of drug-likeness (QED) is 0.673. The second kappa shape index (κ2) is 4.89. The first-order valence-electron chi connectivity index (χ1n) is 5.65. The number of methoxy groups -OCH3 is 1. The zero-order valence-electron chi connectivity index (χ0n) is 10.1. The van der Waals surface area contributed by atoms with Gasteiger partial charge in [0.05, 0.1) is 0 Å². The van der Waals surface area contributed by atoms with Gasteiger partial charge in [0.15, 0.2) is 0 Å². The molecule has 0 aliphatic rings. The van der Waals surface area contributed by atoms with E-state index in [4.69, 9.17) is 16.3 Å². The Balaban J connectivity index is 2.22. The minimum absolute atomic E-state index is 0.0361. The number of hydrogen-bond acceptors (Lipinski definition) is 2. The maximum atomic E-state index is 12.3. The van der Waals surface area contributed by atoms with Gasteiger partial charge in [-0.25, -0.2) is 0 Å². The van der Waals surface area contributed by atoms with E-state index in [0.29, 0.717) is 10.8 Å². The molecule has 96 valence electrons. The van der Waals surface area contributed by atoms with E-state index in [1.807, 2.05) is 30.3 Å². The van der Waals surface area contributed by atoms with Crippen LogP contribution in [-0.4, -0.2) is 25.4 Å². The molecule has 19 heavy (non-hydrogen) atoms. The van der Waals surface area contributed by atoms with Crippen molar-refractivity contribution in [1.29, 1.82) is 0 Å². The summed E-state index contributed by atoms with van der Waals surface area (Å²) in [4.78, 5) is 12.3. The standard InChI is InChI=1S/C14H10ClNO2Se/c1-18-12-7-6-9(8-11(12)15)16-14(17)10-4-2-3-5-13(10)19-16/h2-8H,1H3. The number of hydrogen-bond donors (Lipinski definition) is 0. The van der Waals surface area contributed by atoms with Gasteiger partial charge in [0.2, 0.25) is 0 Å². The average Bonchev–Trinajstić information content (AvgIpc) is 2.77. The molecule has 1 heterocycles. The fourth-order valence-electron chi connectivity index (χ4n) is 1.92. The Kier molecular flexibility index (Phi) is 3.23. The van der Waals surface area contributed by atoms with Crippen molar-refractivity contribution in [3.8, 4) is 11.4 Å². The van der Waals surface area contributed by atoms with Gasteiger partial charge < -0.3 is 0 Å². The van der Waals surface area contributed by atoms with Gasteiger partial charge in [0, 0.05) is 0 Å². The SMILES string of the molecule is COc1ccc(-n2[se]c3ccccc3c2=O)cc1Cl. The third kappa shape index (κ3) is 2.12. The van der Waals surface area contributed by atoms with E-state index in [0.717, 1.165) is 15.3 Å². The Morgan fingerprint density at radius 1 is 1.21 bits per heavy atom. The molecule has 2 aromatic carbocycles. The monoisotopic (exact) mass is 339 g/mol. The van der Waals surface area contributed by atoms with Crippen molar-refractivity contribution in [2.45, 2.75) is 0 Å². The van der Waals surface area contributed by atoms with Crippen molar-refractivity contribution in [3.05, 3.63) is 57.8 Å². The topological polar surface area (TPSA) is 31.2 Å². The Labute approximate surface area is 121 Å². The summed E-state index contributed by atoms with van der Waals surface area (Å²) in [7, 11) is 1.57. The van der Waals surface area contributed by atoms with Gasteiger partial charge in [0.25, 0.3) is 0 Å². The molecule has 1 aromatic heterocycles. The maximum absolute atomic E-state index is 12.3. The number of aromatic nitrogens is 1. The molecule has 5 heteroatoms. The fraction of sp³-hybridized carbons (Fsp3) is 0.0714. The second-order valence-corrected chi connectivity index (χ2v) is 6.48. The van der Waals surface area contributed by atoms with Crippen molar-refractivity contribution in [3.63, 3.8) is 0 Å². The van der Waals surface area contributed by atoms with Gasteiger partial charge in [0.1, 0.15) is 0 Å². The number of rotatable bonds is 2. The third-order valence-corrected chi connectivity index (χ3v) is 5.49. The van der Waals surface area contributed by atoms with Gasteiger partial charge in [-0.3, -0.25) is 0 Å². The molecule has 0 amide bonds. The normalized spacial score (nSPS) is 10.8. The van der Waals surface area contributed by atoms with E-state index >= 15 is 0 Å².